The summed E-state index contributed by atoms with van der Waals surface area (Å²) in [6.45, 7) is 1.93. The van der Waals surface area contributed by atoms with Crippen LogP contribution in [0.1, 0.15) is 35.6 Å². The number of allylic oxidation sites excluding steroid dienone is 4. The number of carbonyl (C=O) groups excluding carboxylic acids is 2. The van der Waals surface area contributed by atoms with Gasteiger partial charge in [-0.1, -0.05) is 47.5 Å². The van der Waals surface area contributed by atoms with Crippen LogP contribution in [-0.4, -0.2) is 41.2 Å². The summed E-state index contributed by atoms with van der Waals surface area (Å²) >= 11 is 12.8. The lowest BCUT2D eigenvalue weighted by molar-refractivity contribution is -0.136. The summed E-state index contributed by atoms with van der Waals surface area (Å²) in [5.74, 6) is -0.481. The highest BCUT2D eigenvalue weighted by molar-refractivity contribution is 6.31. The number of hydrogen-bond acceptors (Lipinski definition) is 4. The van der Waals surface area contributed by atoms with Crippen molar-refractivity contribution in [3.8, 4) is 0 Å². The van der Waals surface area contributed by atoms with Gasteiger partial charge in [-0.05, 0) is 72.2 Å². The van der Waals surface area contributed by atoms with E-state index in [1.807, 2.05) is 30.0 Å². The molecule has 0 saturated carbocycles. The van der Waals surface area contributed by atoms with E-state index in [4.69, 9.17) is 23.2 Å². The minimum Gasteiger partial charge on any atom is -0.341 e. The fourth-order valence-electron chi connectivity index (χ4n) is 6.55. The fourth-order valence-corrected chi connectivity index (χ4v) is 6.97. The Kier molecular flexibility index (Phi) is 5.69. The van der Waals surface area contributed by atoms with E-state index < -0.39 is 17.3 Å². The van der Waals surface area contributed by atoms with E-state index in [0.717, 1.165) is 11.1 Å². The number of likely N-dealkylation sites (N-methyl/N-ethyl adjacent to an activating group) is 1. The van der Waals surface area contributed by atoms with Gasteiger partial charge in [-0.2, -0.15) is 5.10 Å². The first-order valence-electron chi connectivity index (χ1n) is 12.2. The Balaban J connectivity index is 1.68. The number of fused-ring (bicyclic) bond motifs is 3. The minimum absolute atomic E-state index is 0.0296. The largest absolute Gasteiger partial charge is 0.341 e. The Morgan fingerprint density at radius 3 is 2.73 bits per heavy atom. The third-order valence-corrected chi connectivity index (χ3v) is 8.68. The van der Waals surface area contributed by atoms with Crippen LogP contribution in [0.15, 0.2) is 64.8 Å². The van der Waals surface area contributed by atoms with Crippen molar-refractivity contribution < 1.29 is 14.0 Å². The Hall–Kier alpha value is -3.16. The number of halogens is 3. The summed E-state index contributed by atoms with van der Waals surface area (Å²) in [5, 5.41) is 10.3. The average Bonchev–Trinajstić information content (AvgIpc) is 3.13. The topological polar surface area (TPSA) is 65.0 Å². The normalized spacial score (nSPS) is 28.6. The van der Waals surface area contributed by atoms with E-state index in [-0.39, 0.29) is 30.2 Å². The van der Waals surface area contributed by atoms with E-state index in [1.54, 1.807) is 25.2 Å². The van der Waals surface area contributed by atoms with Gasteiger partial charge in [0, 0.05) is 29.2 Å². The molecule has 0 radical (unpaired) electrons. The molecule has 37 heavy (non-hydrogen) atoms. The number of aryl methyl sites for hydroxylation is 1. The second-order valence-corrected chi connectivity index (χ2v) is 11.1. The number of rotatable bonds is 2. The van der Waals surface area contributed by atoms with E-state index >= 15 is 0 Å². The Morgan fingerprint density at radius 1 is 1.14 bits per heavy atom. The SMILES string of the molecule is Cc1ccc(F)cc1[C@H]1N2CC(=O)N(C)N=C2C[C@@H](C2C=CC=C(Cl)C2)[C@]12C(=O)Nc1cc(Cl)ccc12. The number of hydrazone groups is 1. The van der Waals surface area contributed by atoms with Gasteiger partial charge in [0.2, 0.25) is 5.91 Å². The van der Waals surface area contributed by atoms with Gasteiger partial charge in [0.15, 0.2) is 0 Å². The molecular weight excluding hydrogens is 514 g/mol. The molecule has 4 atom stereocenters. The number of hydrogen-bond donors (Lipinski definition) is 1. The first-order chi connectivity index (χ1) is 17.7. The molecule has 190 valence electrons. The number of nitrogens with zero attached hydrogens (tertiary/aromatic N) is 3. The predicted molar refractivity (Wildman–Crippen MR) is 142 cm³/mol. The molecule has 0 bridgehead atoms. The highest BCUT2D eigenvalue weighted by Gasteiger charge is 2.64. The van der Waals surface area contributed by atoms with Crippen molar-refractivity contribution >= 4 is 46.5 Å². The lowest BCUT2D eigenvalue weighted by Gasteiger charge is -2.55. The molecule has 3 heterocycles. The molecule has 6 nitrogen and oxygen atoms in total. The standard InChI is InChI=1S/C28H25Cl2FN4O2/c1-15-6-8-19(31)12-20(15)26-28(21-9-7-18(30)11-23(21)32-27(28)37)22(16-4-3-5-17(29)10-16)13-24-33-34(2)25(36)14-35(24)26/h3-9,11-12,16,22,26H,10,13-14H2,1-2H3,(H,32,37)/t16?,22-,26+,28-/m0/s1. The van der Waals surface area contributed by atoms with Gasteiger partial charge < -0.3 is 10.2 Å². The van der Waals surface area contributed by atoms with Gasteiger partial charge >= 0.3 is 0 Å². The fraction of sp³-hybridized carbons (Fsp3) is 0.321. The monoisotopic (exact) mass is 538 g/mol. The van der Waals surface area contributed by atoms with E-state index in [2.05, 4.69) is 16.5 Å². The average molecular weight is 539 g/mol. The Bertz CT molecular complexity index is 1440. The molecule has 1 N–H and O–H groups in total. The number of piperidine rings is 1. The third-order valence-electron chi connectivity index (χ3n) is 8.16. The van der Waals surface area contributed by atoms with Crippen LogP contribution in [0.3, 0.4) is 0 Å². The number of benzene rings is 2. The summed E-state index contributed by atoms with van der Waals surface area (Å²) in [6.07, 6.45) is 6.88. The maximum Gasteiger partial charge on any atom is 0.262 e. The second-order valence-electron chi connectivity index (χ2n) is 10.2. The van der Waals surface area contributed by atoms with Crippen molar-refractivity contribution in [2.24, 2.45) is 16.9 Å². The van der Waals surface area contributed by atoms with Crippen LogP contribution in [-0.2, 0) is 15.0 Å². The van der Waals surface area contributed by atoms with Crippen LogP contribution in [0.25, 0.3) is 0 Å². The minimum atomic E-state index is -1.16. The molecule has 1 unspecified atom stereocenters. The summed E-state index contributed by atoms with van der Waals surface area (Å²) in [5.41, 5.74) is 1.73. The summed E-state index contributed by atoms with van der Waals surface area (Å²) in [7, 11) is 1.63. The van der Waals surface area contributed by atoms with Gasteiger partial charge in [0.05, 0.1) is 6.04 Å². The van der Waals surface area contributed by atoms with Crippen molar-refractivity contribution in [3.63, 3.8) is 0 Å². The van der Waals surface area contributed by atoms with Gasteiger partial charge in [-0.15, -0.1) is 0 Å². The van der Waals surface area contributed by atoms with Crippen LogP contribution >= 0.6 is 23.2 Å². The van der Waals surface area contributed by atoms with Crippen LogP contribution in [0, 0.1) is 24.6 Å². The molecule has 4 aliphatic rings. The molecule has 3 aliphatic heterocycles. The highest BCUT2D eigenvalue weighted by atomic mass is 35.5. The van der Waals surface area contributed by atoms with Gasteiger partial charge in [0.25, 0.3) is 5.91 Å². The molecule has 2 aromatic carbocycles. The Labute approximate surface area is 224 Å². The van der Waals surface area contributed by atoms with Crippen LogP contribution in [0.4, 0.5) is 10.1 Å². The van der Waals surface area contributed by atoms with Crippen LogP contribution < -0.4 is 5.32 Å². The van der Waals surface area contributed by atoms with Crippen LogP contribution in [0.2, 0.25) is 5.02 Å². The molecule has 6 rings (SSSR count). The third kappa shape index (κ3) is 3.62. The van der Waals surface area contributed by atoms with Gasteiger partial charge in [-0.25, -0.2) is 9.40 Å². The smallest absolute Gasteiger partial charge is 0.262 e. The zero-order chi connectivity index (χ0) is 26.1. The summed E-state index contributed by atoms with van der Waals surface area (Å²) in [6, 6.07) is 9.33. The van der Waals surface area contributed by atoms with Gasteiger partial charge in [-0.3, -0.25) is 9.59 Å². The molecule has 1 fully saturated rings. The lowest BCUT2D eigenvalue weighted by atomic mass is 9.56. The first-order valence-corrected chi connectivity index (χ1v) is 13.0. The molecule has 1 aliphatic carbocycles. The van der Waals surface area contributed by atoms with Crippen molar-refractivity contribution in [3.05, 3.63) is 87.2 Å². The molecule has 2 aromatic rings. The van der Waals surface area contributed by atoms with Crippen molar-refractivity contribution in [2.75, 3.05) is 18.9 Å². The number of carbonyl (C=O) groups is 2. The Morgan fingerprint density at radius 2 is 1.95 bits per heavy atom. The number of amidine groups is 1. The van der Waals surface area contributed by atoms with E-state index in [0.29, 0.717) is 40.0 Å². The van der Waals surface area contributed by atoms with Crippen molar-refractivity contribution in [1.29, 1.82) is 0 Å². The highest BCUT2D eigenvalue weighted by Crippen LogP contribution is 2.60. The van der Waals surface area contributed by atoms with E-state index in [9.17, 15) is 14.0 Å². The van der Waals surface area contributed by atoms with Crippen LogP contribution in [0.5, 0.6) is 0 Å². The van der Waals surface area contributed by atoms with Crippen molar-refractivity contribution in [1.82, 2.24) is 9.91 Å². The molecule has 0 aromatic heterocycles. The van der Waals surface area contributed by atoms with Crippen molar-refractivity contribution in [2.45, 2.75) is 31.2 Å². The summed E-state index contributed by atoms with van der Waals surface area (Å²) in [4.78, 5) is 29.2. The van der Waals surface area contributed by atoms with E-state index in [1.165, 1.54) is 17.1 Å². The maximum atomic E-state index is 14.8. The maximum absolute atomic E-state index is 14.8. The zero-order valence-electron chi connectivity index (χ0n) is 20.3. The molecule has 9 heteroatoms. The zero-order valence-corrected chi connectivity index (χ0v) is 21.9. The molecular formula is C28H25Cl2FN4O2. The number of amides is 2. The molecule has 1 spiro atoms. The number of anilines is 1. The lowest BCUT2D eigenvalue weighted by Crippen LogP contribution is -2.63. The quantitative estimate of drug-likeness (QED) is 0.547. The first kappa shape index (κ1) is 24.2. The molecule has 1 saturated heterocycles. The summed E-state index contributed by atoms with van der Waals surface area (Å²) < 4.78 is 14.8. The number of nitrogens with one attached hydrogen (secondary N) is 1. The predicted octanol–water partition coefficient (Wildman–Crippen LogP) is 5.52. The second kappa shape index (κ2) is 8.71. The molecule has 2 amide bonds. The van der Waals surface area contributed by atoms with Gasteiger partial charge in [0.1, 0.15) is 23.6 Å².